The maximum absolute atomic E-state index is 13.9. The van der Waals surface area contributed by atoms with Crippen LogP contribution in [0.3, 0.4) is 0 Å². The van der Waals surface area contributed by atoms with E-state index in [1.54, 1.807) is 42.6 Å². The molecule has 1 saturated carbocycles. The summed E-state index contributed by atoms with van der Waals surface area (Å²) in [6.45, 7) is 0.377. The number of methoxy groups -OCH3 is 1. The van der Waals surface area contributed by atoms with E-state index in [0.717, 1.165) is 18.7 Å². The molecule has 1 saturated heterocycles. The maximum Gasteiger partial charge on any atom is 0.417 e. The monoisotopic (exact) mass is 484 g/mol. The molecule has 3 heterocycles. The van der Waals surface area contributed by atoms with Gasteiger partial charge in [-0.2, -0.15) is 13.2 Å². The first-order valence-corrected chi connectivity index (χ1v) is 11.2. The summed E-state index contributed by atoms with van der Waals surface area (Å²) in [7, 11) is 1.60. The quantitative estimate of drug-likeness (QED) is 0.521. The van der Waals surface area contributed by atoms with E-state index in [1.807, 2.05) is 12.1 Å². The number of halogens is 3. The Labute approximate surface area is 199 Å². The van der Waals surface area contributed by atoms with Gasteiger partial charge in [0, 0.05) is 37.3 Å². The lowest BCUT2D eigenvalue weighted by Gasteiger charge is -2.39. The molecule has 35 heavy (non-hydrogen) atoms. The van der Waals surface area contributed by atoms with Crippen molar-refractivity contribution in [2.75, 3.05) is 13.7 Å². The lowest BCUT2D eigenvalue weighted by molar-refractivity contribution is -0.137. The van der Waals surface area contributed by atoms with Gasteiger partial charge in [0.1, 0.15) is 6.10 Å². The number of fused-ring (bicyclic) bond motifs is 2. The number of alkyl halides is 3. The van der Waals surface area contributed by atoms with E-state index in [0.29, 0.717) is 30.0 Å². The zero-order valence-electron chi connectivity index (χ0n) is 18.9. The van der Waals surface area contributed by atoms with Gasteiger partial charge in [-0.3, -0.25) is 4.79 Å². The molecule has 2 aromatic heterocycles. The highest BCUT2D eigenvalue weighted by Crippen LogP contribution is 2.45. The molecule has 2 aliphatic rings. The smallest absolute Gasteiger partial charge is 0.417 e. The Morgan fingerprint density at radius 2 is 1.83 bits per heavy atom. The van der Waals surface area contributed by atoms with Crippen LogP contribution in [0.2, 0.25) is 0 Å². The molecule has 1 amide bonds. The Balaban J connectivity index is 1.42. The Kier molecular flexibility index (Phi) is 6.14. The number of benzene rings is 1. The van der Waals surface area contributed by atoms with Gasteiger partial charge >= 0.3 is 6.18 Å². The SMILES string of the molecule is COCC1C2CC(Oc3ccc(C(F)(F)F)cn3)C(C2)N1C(=O)c1ccccc1-c1ncccn1. The van der Waals surface area contributed by atoms with E-state index in [9.17, 15) is 18.0 Å². The van der Waals surface area contributed by atoms with Crippen molar-refractivity contribution in [2.24, 2.45) is 5.92 Å². The van der Waals surface area contributed by atoms with Gasteiger partial charge in [-0.15, -0.1) is 0 Å². The van der Waals surface area contributed by atoms with E-state index in [4.69, 9.17) is 9.47 Å². The molecule has 1 aromatic carbocycles. The third kappa shape index (κ3) is 4.45. The first kappa shape index (κ1) is 23.2. The number of piperidine rings is 1. The van der Waals surface area contributed by atoms with Gasteiger partial charge in [-0.25, -0.2) is 15.0 Å². The van der Waals surface area contributed by atoms with Crippen LogP contribution in [0.4, 0.5) is 13.2 Å². The van der Waals surface area contributed by atoms with E-state index < -0.39 is 11.7 Å². The third-order valence-corrected chi connectivity index (χ3v) is 6.64. The minimum absolute atomic E-state index is 0.101. The van der Waals surface area contributed by atoms with Crippen LogP contribution in [0.5, 0.6) is 5.88 Å². The number of likely N-dealkylation sites (tertiary alicyclic amines) is 1. The third-order valence-electron chi connectivity index (χ3n) is 6.64. The predicted molar refractivity (Wildman–Crippen MR) is 119 cm³/mol. The fraction of sp³-hybridized carbons (Fsp3) is 0.360. The van der Waals surface area contributed by atoms with Crippen LogP contribution in [-0.2, 0) is 10.9 Å². The van der Waals surface area contributed by atoms with Crippen molar-refractivity contribution < 1.29 is 27.4 Å². The molecule has 5 rings (SSSR count). The average Bonchev–Trinajstić information content (AvgIpc) is 3.42. The van der Waals surface area contributed by atoms with Gasteiger partial charge in [0.05, 0.1) is 29.8 Å². The minimum atomic E-state index is -4.47. The molecule has 0 N–H and O–H groups in total. The van der Waals surface area contributed by atoms with E-state index in [2.05, 4.69) is 15.0 Å². The predicted octanol–water partition coefficient (Wildman–Crippen LogP) is 4.25. The fourth-order valence-electron chi connectivity index (χ4n) is 5.12. The van der Waals surface area contributed by atoms with Gasteiger partial charge in [0.2, 0.25) is 5.88 Å². The number of carbonyl (C=O) groups excluding carboxylic acids is 1. The number of hydrogen-bond donors (Lipinski definition) is 0. The summed E-state index contributed by atoms with van der Waals surface area (Å²) >= 11 is 0. The van der Waals surface area contributed by atoms with E-state index >= 15 is 0 Å². The Morgan fingerprint density at radius 3 is 2.51 bits per heavy atom. The zero-order chi connectivity index (χ0) is 24.6. The molecule has 1 aliphatic carbocycles. The summed E-state index contributed by atoms with van der Waals surface area (Å²) in [5, 5.41) is 0. The van der Waals surface area contributed by atoms with Crippen molar-refractivity contribution in [3.05, 3.63) is 72.2 Å². The van der Waals surface area contributed by atoms with Crippen molar-refractivity contribution in [3.63, 3.8) is 0 Å². The number of aromatic nitrogens is 3. The van der Waals surface area contributed by atoms with Crippen LogP contribution in [0.25, 0.3) is 11.4 Å². The molecule has 2 fully saturated rings. The topological polar surface area (TPSA) is 77.4 Å². The lowest BCUT2D eigenvalue weighted by atomic mass is 9.96. The van der Waals surface area contributed by atoms with Gasteiger partial charge in [-0.05, 0) is 37.0 Å². The number of carbonyl (C=O) groups is 1. The molecular formula is C25H23F3N4O3. The lowest BCUT2D eigenvalue weighted by Crippen LogP contribution is -2.53. The van der Waals surface area contributed by atoms with Crippen molar-refractivity contribution >= 4 is 5.91 Å². The van der Waals surface area contributed by atoms with Crippen LogP contribution < -0.4 is 4.74 Å². The molecule has 0 spiro atoms. The van der Waals surface area contributed by atoms with Crippen molar-refractivity contribution in [3.8, 4) is 17.3 Å². The Hall–Kier alpha value is -3.53. The molecule has 2 bridgehead atoms. The standard InChI is InChI=1S/C25H23F3N4O3/c1-34-14-20-15-11-19(21(12-15)35-22-8-7-16(13-31-22)25(26,27)28)32(20)24(33)18-6-3-2-5-17(18)23-29-9-4-10-30-23/h2-10,13,15,19-21H,11-12,14H2,1H3. The van der Waals surface area contributed by atoms with Crippen molar-refractivity contribution in [2.45, 2.75) is 37.2 Å². The summed E-state index contributed by atoms with van der Waals surface area (Å²) in [4.78, 5) is 28.1. The Morgan fingerprint density at radius 1 is 1.06 bits per heavy atom. The van der Waals surface area contributed by atoms with Crippen LogP contribution in [0.1, 0.15) is 28.8 Å². The minimum Gasteiger partial charge on any atom is -0.472 e. The first-order valence-electron chi connectivity index (χ1n) is 11.2. The zero-order valence-corrected chi connectivity index (χ0v) is 18.9. The van der Waals surface area contributed by atoms with Crippen LogP contribution >= 0.6 is 0 Å². The maximum atomic E-state index is 13.9. The number of rotatable bonds is 6. The highest BCUT2D eigenvalue weighted by molar-refractivity contribution is 6.00. The summed E-state index contributed by atoms with van der Waals surface area (Å²) in [6, 6.07) is 10.6. The van der Waals surface area contributed by atoms with Crippen LogP contribution in [-0.4, -0.2) is 57.7 Å². The number of amides is 1. The highest BCUT2D eigenvalue weighted by atomic mass is 19.4. The molecule has 3 aromatic rings. The molecule has 10 heteroatoms. The molecule has 4 atom stereocenters. The first-order chi connectivity index (χ1) is 16.9. The summed E-state index contributed by atoms with van der Waals surface area (Å²) in [5.41, 5.74) is 0.257. The van der Waals surface area contributed by atoms with Gasteiger partial charge < -0.3 is 14.4 Å². The molecular weight excluding hydrogens is 461 g/mol. The van der Waals surface area contributed by atoms with Gasteiger partial charge in [0.25, 0.3) is 5.91 Å². The van der Waals surface area contributed by atoms with E-state index in [-0.39, 0.29) is 35.9 Å². The second kappa shape index (κ2) is 9.26. The number of pyridine rings is 1. The molecule has 182 valence electrons. The Bertz CT molecular complexity index is 1190. The summed E-state index contributed by atoms with van der Waals surface area (Å²) in [5.74, 6) is 0.509. The number of hydrogen-bond acceptors (Lipinski definition) is 6. The summed E-state index contributed by atoms with van der Waals surface area (Å²) < 4.78 is 50.0. The number of ether oxygens (including phenoxy) is 2. The van der Waals surface area contributed by atoms with Gasteiger partial charge in [-0.1, -0.05) is 18.2 Å². The summed E-state index contributed by atoms with van der Waals surface area (Å²) in [6.07, 6.45) is 0.525. The van der Waals surface area contributed by atoms with Crippen molar-refractivity contribution in [1.82, 2.24) is 19.9 Å². The van der Waals surface area contributed by atoms with E-state index in [1.165, 1.54) is 6.07 Å². The second-order valence-corrected chi connectivity index (χ2v) is 8.69. The molecule has 4 unspecified atom stereocenters. The van der Waals surface area contributed by atoms with Gasteiger partial charge in [0.15, 0.2) is 5.82 Å². The molecule has 7 nitrogen and oxygen atoms in total. The molecule has 0 radical (unpaired) electrons. The van der Waals surface area contributed by atoms with Crippen molar-refractivity contribution in [1.29, 1.82) is 0 Å². The fourth-order valence-corrected chi connectivity index (χ4v) is 5.12. The largest absolute Gasteiger partial charge is 0.472 e. The highest BCUT2D eigenvalue weighted by Gasteiger charge is 2.54. The van der Waals surface area contributed by atoms with Crippen LogP contribution in [0, 0.1) is 5.92 Å². The average molecular weight is 484 g/mol. The normalized spacial score (nSPS) is 23.5. The van der Waals surface area contributed by atoms with Crippen LogP contribution in [0.15, 0.2) is 61.1 Å². The second-order valence-electron chi connectivity index (χ2n) is 8.69. The molecule has 1 aliphatic heterocycles. The number of nitrogens with zero attached hydrogens (tertiary/aromatic N) is 4.